The van der Waals surface area contributed by atoms with Crippen LogP contribution < -0.4 is 5.32 Å². The molecule has 0 spiro atoms. The third-order valence-corrected chi connectivity index (χ3v) is 2.27. The van der Waals surface area contributed by atoms with Gasteiger partial charge in [0.1, 0.15) is 0 Å². The second-order valence-corrected chi connectivity index (χ2v) is 4.18. The minimum atomic E-state index is -5.47. The molecule has 0 aromatic heterocycles. The van der Waals surface area contributed by atoms with Crippen LogP contribution in [0, 0.1) is 0 Å². The molecule has 0 radical (unpaired) electrons. The van der Waals surface area contributed by atoms with E-state index in [1.165, 1.54) is 0 Å². The first-order valence-corrected chi connectivity index (χ1v) is 5.26. The van der Waals surface area contributed by atoms with Gasteiger partial charge in [-0.25, -0.2) is 0 Å². The lowest BCUT2D eigenvalue weighted by Gasteiger charge is -2.23. The summed E-state index contributed by atoms with van der Waals surface area (Å²) in [5, 5.41) is 2.92. The normalized spacial score (nSPS) is 17.3. The first kappa shape index (κ1) is 15.3. The van der Waals surface area contributed by atoms with Crippen molar-refractivity contribution >= 4 is 0 Å². The molecular formula is C10H13F6NO. The summed E-state index contributed by atoms with van der Waals surface area (Å²) < 4.78 is 76.5. The Kier molecular flexibility index (Phi) is 4.66. The van der Waals surface area contributed by atoms with E-state index in [2.05, 4.69) is 16.6 Å². The van der Waals surface area contributed by atoms with E-state index >= 15 is 0 Å². The van der Waals surface area contributed by atoms with Crippen LogP contribution in [0.2, 0.25) is 0 Å². The Morgan fingerprint density at radius 2 is 1.67 bits per heavy atom. The lowest BCUT2D eigenvalue weighted by molar-refractivity contribution is -0.319. The Hall–Kier alpha value is -0.760. The summed E-state index contributed by atoms with van der Waals surface area (Å²) in [4.78, 5) is 0. The van der Waals surface area contributed by atoms with Gasteiger partial charge in [0.15, 0.2) is 0 Å². The SMILES string of the molecule is C=C(CNC1CC1)COC(C(F)(F)F)C(F)(F)F. The molecule has 8 heteroatoms. The van der Waals surface area contributed by atoms with Gasteiger partial charge in [0.2, 0.25) is 6.10 Å². The molecule has 0 saturated heterocycles. The predicted molar refractivity (Wildman–Crippen MR) is 52.0 cm³/mol. The topological polar surface area (TPSA) is 21.3 Å². The lowest BCUT2D eigenvalue weighted by Crippen LogP contribution is -2.44. The van der Waals surface area contributed by atoms with Crippen LogP contribution in [0.3, 0.4) is 0 Å². The number of rotatable bonds is 6. The van der Waals surface area contributed by atoms with Gasteiger partial charge in [-0.15, -0.1) is 0 Å². The van der Waals surface area contributed by atoms with Crippen molar-refractivity contribution in [3.63, 3.8) is 0 Å². The molecule has 0 heterocycles. The number of alkyl halides is 6. The Morgan fingerprint density at radius 3 is 2.06 bits per heavy atom. The molecule has 18 heavy (non-hydrogen) atoms. The zero-order valence-electron chi connectivity index (χ0n) is 9.37. The van der Waals surface area contributed by atoms with Crippen LogP contribution in [-0.4, -0.2) is 37.7 Å². The zero-order valence-corrected chi connectivity index (χ0v) is 9.37. The van der Waals surface area contributed by atoms with E-state index in [1.54, 1.807) is 0 Å². The maximum Gasteiger partial charge on any atom is 0.423 e. The van der Waals surface area contributed by atoms with E-state index < -0.39 is 25.1 Å². The number of hydrogen-bond acceptors (Lipinski definition) is 2. The molecule has 0 aliphatic heterocycles. The van der Waals surface area contributed by atoms with Gasteiger partial charge in [0.25, 0.3) is 0 Å². The summed E-state index contributed by atoms with van der Waals surface area (Å²) in [5.41, 5.74) is 0.153. The van der Waals surface area contributed by atoms with Crippen molar-refractivity contribution < 1.29 is 31.1 Å². The van der Waals surface area contributed by atoms with Gasteiger partial charge < -0.3 is 10.1 Å². The molecule has 106 valence electrons. The number of halogens is 6. The highest BCUT2D eigenvalue weighted by Gasteiger charge is 2.57. The minimum absolute atomic E-state index is 0.153. The van der Waals surface area contributed by atoms with Crippen LogP contribution in [0.5, 0.6) is 0 Å². The first-order valence-electron chi connectivity index (χ1n) is 5.26. The van der Waals surface area contributed by atoms with E-state index in [0.717, 1.165) is 12.8 Å². The average molecular weight is 277 g/mol. The van der Waals surface area contributed by atoms with Crippen LogP contribution in [0.1, 0.15) is 12.8 Å². The standard InChI is InChI=1S/C10H13F6NO/c1-6(4-17-7-2-3-7)5-18-8(9(11,12)13)10(14,15)16/h7-8,17H,1-5H2. The van der Waals surface area contributed by atoms with Crippen LogP contribution >= 0.6 is 0 Å². The fraction of sp³-hybridized carbons (Fsp3) is 0.800. The van der Waals surface area contributed by atoms with Crippen molar-refractivity contribution in [3.05, 3.63) is 12.2 Å². The fourth-order valence-electron chi connectivity index (χ4n) is 1.20. The first-order chi connectivity index (χ1) is 8.10. The molecule has 1 fully saturated rings. The molecule has 1 saturated carbocycles. The van der Waals surface area contributed by atoms with Crippen molar-refractivity contribution in [1.82, 2.24) is 5.32 Å². The van der Waals surface area contributed by atoms with Gasteiger partial charge >= 0.3 is 12.4 Å². The third kappa shape index (κ3) is 5.26. The summed E-state index contributed by atoms with van der Waals surface area (Å²) in [5.74, 6) is 0. The molecule has 1 aliphatic rings. The molecule has 0 atom stereocenters. The van der Waals surface area contributed by atoms with Gasteiger partial charge in [0.05, 0.1) is 6.61 Å². The van der Waals surface area contributed by atoms with E-state index in [9.17, 15) is 26.3 Å². The number of ether oxygens (including phenoxy) is 1. The van der Waals surface area contributed by atoms with Gasteiger partial charge in [0, 0.05) is 12.6 Å². The molecule has 2 nitrogen and oxygen atoms in total. The average Bonchev–Trinajstić information content (AvgIpc) is 2.93. The van der Waals surface area contributed by atoms with Crippen molar-refractivity contribution in [2.45, 2.75) is 37.3 Å². The highest BCUT2D eigenvalue weighted by Crippen LogP contribution is 2.35. The van der Waals surface area contributed by atoms with Crippen molar-refractivity contribution in [2.75, 3.05) is 13.2 Å². The van der Waals surface area contributed by atoms with Gasteiger partial charge in [-0.05, 0) is 18.4 Å². The smallest absolute Gasteiger partial charge is 0.356 e. The van der Waals surface area contributed by atoms with Crippen molar-refractivity contribution in [2.24, 2.45) is 0 Å². The van der Waals surface area contributed by atoms with Crippen LogP contribution in [-0.2, 0) is 4.74 Å². The highest BCUT2D eigenvalue weighted by molar-refractivity contribution is 5.00. The number of nitrogens with one attached hydrogen (secondary N) is 1. The lowest BCUT2D eigenvalue weighted by atomic mass is 10.3. The maximum absolute atomic E-state index is 12.1. The predicted octanol–water partition coefficient (Wildman–Crippen LogP) is 2.80. The Bertz CT molecular complexity index is 280. The molecule has 0 unspecified atom stereocenters. The fourth-order valence-corrected chi connectivity index (χ4v) is 1.20. The molecule has 0 aromatic rings. The second-order valence-electron chi connectivity index (χ2n) is 4.18. The van der Waals surface area contributed by atoms with Crippen LogP contribution in [0.25, 0.3) is 0 Å². The molecule has 0 bridgehead atoms. The summed E-state index contributed by atoms with van der Waals surface area (Å²) in [6.07, 6.45) is -12.8. The minimum Gasteiger partial charge on any atom is -0.356 e. The maximum atomic E-state index is 12.1. The number of hydrogen-bond donors (Lipinski definition) is 1. The van der Waals surface area contributed by atoms with E-state index in [-0.39, 0.29) is 12.1 Å². The highest BCUT2D eigenvalue weighted by atomic mass is 19.4. The monoisotopic (exact) mass is 277 g/mol. The molecule has 0 amide bonds. The van der Waals surface area contributed by atoms with Crippen LogP contribution in [0.4, 0.5) is 26.3 Å². The molecule has 1 aliphatic carbocycles. The summed E-state index contributed by atoms with van der Waals surface area (Å²) in [6, 6.07) is 0.294. The Morgan fingerprint density at radius 1 is 1.17 bits per heavy atom. The van der Waals surface area contributed by atoms with Crippen LogP contribution in [0.15, 0.2) is 12.2 Å². The molecule has 0 aromatic carbocycles. The largest absolute Gasteiger partial charge is 0.423 e. The molecule has 1 N–H and O–H groups in total. The van der Waals surface area contributed by atoms with E-state index in [1.807, 2.05) is 0 Å². The third-order valence-electron chi connectivity index (χ3n) is 2.27. The van der Waals surface area contributed by atoms with E-state index in [4.69, 9.17) is 0 Å². The summed E-state index contributed by atoms with van der Waals surface area (Å²) in [7, 11) is 0. The van der Waals surface area contributed by atoms with Crippen molar-refractivity contribution in [1.29, 1.82) is 0 Å². The second kappa shape index (κ2) is 5.48. The van der Waals surface area contributed by atoms with E-state index in [0.29, 0.717) is 6.04 Å². The molecular weight excluding hydrogens is 264 g/mol. The van der Waals surface area contributed by atoms with Gasteiger partial charge in [-0.2, -0.15) is 26.3 Å². The Balaban J connectivity index is 2.38. The zero-order chi connectivity index (χ0) is 14.0. The van der Waals surface area contributed by atoms with Gasteiger partial charge in [-0.1, -0.05) is 6.58 Å². The quantitative estimate of drug-likeness (QED) is 0.595. The van der Waals surface area contributed by atoms with Gasteiger partial charge in [-0.3, -0.25) is 0 Å². The Labute approximate surface area is 100.0 Å². The van der Waals surface area contributed by atoms with Crippen molar-refractivity contribution in [3.8, 4) is 0 Å². The molecule has 1 rings (SSSR count). The summed E-state index contributed by atoms with van der Waals surface area (Å²) in [6.45, 7) is 2.75. The summed E-state index contributed by atoms with van der Waals surface area (Å²) >= 11 is 0.